The highest BCUT2D eigenvalue weighted by Gasteiger charge is 2.11. The van der Waals surface area contributed by atoms with E-state index in [0.717, 1.165) is 5.69 Å². The number of ether oxygens (including phenoxy) is 1. The first-order valence-electron chi connectivity index (χ1n) is 5.39. The van der Waals surface area contributed by atoms with Crippen molar-refractivity contribution in [3.8, 4) is 11.6 Å². The Kier molecular flexibility index (Phi) is 3.23. The number of aryl methyl sites for hydroxylation is 1. The van der Waals surface area contributed by atoms with Crippen molar-refractivity contribution in [1.29, 1.82) is 0 Å². The Labute approximate surface area is 104 Å². The van der Waals surface area contributed by atoms with E-state index in [1.807, 2.05) is 6.92 Å². The quantitative estimate of drug-likeness (QED) is 0.898. The van der Waals surface area contributed by atoms with E-state index in [1.165, 1.54) is 6.07 Å². The summed E-state index contributed by atoms with van der Waals surface area (Å²) in [6, 6.07) is 8.33. The fraction of sp³-hybridized carbons (Fsp3) is 0.154. The standard InChI is InChI=1S/C13H12N2O3/c1-8-6-7-12(15-14-8)18-11-5-3-4-10(9(11)2)13(16)17/h3-7H,1-2H3,(H,16,17). The largest absolute Gasteiger partial charge is 0.478 e. The van der Waals surface area contributed by atoms with Gasteiger partial charge in [0.15, 0.2) is 0 Å². The zero-order chi connectivity index (χ0) is 13.1. The summed E-state index contributed by atoms with van der Waals surface area (Å²) >= 11 is 0. The van der Waals surface area contributed by atoms with Crippen molar-refractivity contribution < 1.29 is 14.6 Å². The number of hydrogen-bond donors (Lipinski definition) is 1. The van der Waals surface area contributed by atoms with Crippen LogP contribution < -0.4 is 4.74 Å². The Morgan fingerprint density at radius 1 is 1.17 bits per heavy atom. The maximum absolute atomic E-state index is 11.0. The smallest absolute Gasteiger partial charge is 0.336 e. The highest BCUT2D eigenvalue weighted by atomic mass is 16.5. The van der Waals surface area contributed by atoms with Crippen molar-refractivity contribution >= 4 is 5.97 Å². The van der Waals surface area contributed by atoms with Gasteiger partial charge < -0.3 is 9.84 Å². The summed E-state index contributed by atoms with van der Waals surface area (Å²) in [5.74, 6) is -0.174. The van der Waals surface area contributed by atoms with Gasteiger partial charge in [0, 0.05) is 11.6 Å². The van der Waals surface area contributed by atoms with Crippen LogP contribution in [0.3, 0.4) is 0 Å². The number of carboxylic acids is 1. The van der Waals surface area contributed by atoms with E-state index < -0.39 is 5.97 Å². The number of carboxylic acid groups (broad SMARTS) is 1. The molecule has 92 valence electrons. The topological polar surface area (TPSA) is 72.3 Å². The molecule has 5 nitrogen and oxygen atoms in total. The van der Waals surface area contributed by atoms with Crippen LogP contribution in [-0.4, -0.2) is 21.3 Å². The second kappa shape index (κ2) is 4.83. The van der Waals surface area contributed by atoms with E-state index in [4.69, 9.17) is 9.84 Å². The fourth-order valence-electron chi connectivity index (χ4n) is 1.51. The van der Waals surface area contributed by atoms with Crippen LogP contribution in [0.2, 0.25) is 0 Å². The molecule has 1 aromatic heterocycles. The molecule has 0 spiro atoms. The maximum Gasteiger partial charge on any atom is 0.336 e. The molecule has 18 heavy (non-hydrogen) atoms. The summed E-state index contributed by atoms with van der Waals surface area (Å²) < 4.78 is 5.52. The summed E-state index contributed by atoms with van der Waals surface area (Å²) in [6.45, 7) is 3.52. The molecule has 0 unspecified atom stereocenters. The van der Waals surface area contributed by atoms with Crippen molar-refractivity contribution in [3.63, 3.8) is 0 Å². The predicted octanol–water partition coefficient (Wildman–Crippen LogP) is 2.58. The molecule has 1 aromatic carbocycles. The lowest BCUT2D eigenvalue weighted by Crippen LogP contribution is -2.01. The van der Waals surface area contributed by atoms with Crippen LogP contribution in [0.5, 0.6) is 11.6 Å². The number of hydrogen-bond acceptors (Lipinski definition) is 4. The Morgan fingerprint density at radius 2 is 1.94 bits per heavy atom. The van der Waals surface area contributed by atoms with Crippen LogP contribution in [0.1, 0.15) is 21.6 Å². The first-order valence-corrected chi connectivity index (χ1v) is 5.39. The Bertz CT molecular complexity index is 579. The van der Waals surface area contributed by atoms with Gasteiger partial charge in [-0.3, -0.25) is 0 Å². The molecule has 1 heterocycles. The molecule has 0 fully saturated rings. The average molecular weight is 244 g/mol. The highest BCUT2D eigenvalue weighted by Crippen LogP contribution is 2.25. The second-order valence-electron chi connectivity index (χ2n) is 3.85. The molecule has 2 rings (SSSR count). The maximum atomic E-state index is 11.0. The van der Waals surface area contributed by atoms with Gasteiger partial charge in [-0.15, -0.1) is 5.10 Å². The molecular weight excluding hydrogens is 232 g/mol. The van der Waals surface area contributed by atoms with Crippen molar-refractivity contribution in [3.05, 3.63) is 47.2 Å². The average Bonchev–Trinajstić information content (AvgIpc) is 2.34. The SMILES string of the molecule is Cc1ccc(Oc2cccc(C(=O)O)c2C)nn1. The molecule has 0 aliphatic carbocycles. The molecule has 0 bridgehead atoms. The van der Waals surface area contributed by atoms with E-state index in [-0.39, 0.29) is 5.56 Å². The molecule has 5 heteroatoms. The number of carbonyl (C=O) groups is 1. The Balaban J connectivity index is 2.32. The molecule has 2 aromatic rings. The Hall–Kier alpha value is -2.43. The van der Waals surface area contributed by atoms with Crippen molar-refractivity contribution in [2.75, 3.05) is 0 Å². The van der Waals surface area contributed by atoms with Crippen molar-refractivity contribution in [2.24, 2.45) is 0 Å². The van der Waals surface area contributed by atoms with Gasteiger partial charge in [0.2, 0.25) is 5.88 Å². The van der Waals surface area contributed by atoms with E-state index in [2.05, 4.69) is 10.2 Å². The van der Waals surface area contributed by atoms with Gasteiger partial charge in [0.05, 0.1) is 11.3 Å². The summed E-state index contributed by atoms with van der Waals surface area (Å²) in [6.07, 6.45) is 0. The van der Waals surface area contributed by atoms with Gasteiger partial charge >= 0.3 is 5.97 Å². The minimum absolute atomic E-state index is 0.215. The predicted molar refractivity (Wildman–Crippen MR) is 65.0 cm³/mol. The first-order chi connectivity index (χ1) is 8.58. The third kappa shape index (κ3) is 2.45. The number of aromatic carboxylic acids is 1. The third-order valence-corrected chi connectivity index (χ3v) is 2.50. The van der Waals surface area contributed by atoms with Gasteiger partial charge in [-0.1, -0.05) is 6.07 Å². The van der Waals surface area contributed by atoms with E-state index in [9.17, 15) is 4.79 Å². The minimum atomic E-state index is -0.979. The molecule has 0 amide bonds. The summed E-state index contributed by atoms with van der Waals surface area (Å²) in [5, 5.41) is 16.7. The molecule has 0 saturated carbocycles. The molecular formula is C13H12N2O3. The van der Waals surface area contributed by atoms with Crippen LogP contribution in [0.4, 0.5) is 0 Å². The minimum Gasteiger partial charge on any atom is -0.478 e. The first kappa shape index (κ1) is 12.0. The molecule has 0 aliphatic heterocycles. The molecule has 0 radical (unpaired) electrons. The van der Waals surface area contributed by atoms with Crippen molar-refractivity contribution in [2.45, 2.75) is 13.8 Å². The van der Waals surface area contributed by atoms with E-state index >= 15 is 0 Å². The molecule has 0 saturated heterocycles. The molecule has 1 N–H and O–H groups in total. The van der Waals surface area contributed by atoms with Gasteiger partial charge in [0.1, 0.15) is 5.75 Å². The van der Waals surface area contributed by atoms with Crippen LogP contribution in [-0.2, 0) is 0 Å². The second-order valence-corrected chi connectivity index (χ2v) is 3.85. The lowest BCUT2D eigenvalue weighted by molar-refractivity contribution is 0.0695. The molecule has 0 atom stereocenters. The Morgan fingerprint density at radius 3 is 2.56 bits per heavy atom. The van der Waals surface area contributed by atoms with Crippen LogP contribution in [0, 0.1) is 13.8 Å². The van der Waals surface area contributed by atoms with Gasteiger partial charge in [0.25, 0.3) is 0 Å². The van der Waals surface area contributed by atoms with E-state index in [0.29, 0.717) is 17.2 Å². The van der Waals surface area contributed by atoms with Gasteiger partial charge in [-0.25, -0.2) is 4.79 Å². The fourth-order valence-corrected chi connectivity index (χ4v) is 1.51. The zero-order valence-corrected chi connectivity index (χ0v) is 10.0. The zero-order valence-electron chi connectivity index (χ0n) is 10.0. The summed E-state index contributed by atoms with van der Waals surface area (Å²) in [7, 11) is 0. The van der Waals surface area contributed by atoms with Crippen LogP contribution in [0.15, 0.2) is 30.3 Å². The monoisotopic (exact) mass is 244 g/mol. The van der Waals surface area contributed by atoms with E-state index in [1.54, 1.807) is 31.2 Å². The summed E-state index contributed by atoms with van der Waals surface area (Å²) in [5.41, 5.74) is 1.57. The van der Waals surface area contributed by atoms with Crippen LogP contribution in [0.25, 0.3) is 0 Å². The summed E-state index contributed by atoms with van der Waals surface area (Å²) in [4.78, 5) is 11.0. The lowest BCUT2D eigenvalue weighted by Gasteiger charge is -2.09. The normalized spacial score (nSPS) is 10.1. The number of aromatic nitrogens is 2. The number of rotatable bonds is 3. The third-order valence-electron chi connectivity index (χ3n) is 2.50. The lowest BCUT2D eigenvalue weighted by atomic mass is 10.1. The number of benzene rings is 1. The van der Waals surface area contributed by atoms with Gasteiger partial charge in [-0.2, -0.15) is 5.10 Å². The van der Waals surface area contributed by atoms with Crippen LogP contribution >= 0.6 is 0 Å². The number of nitrogens with zero attached hydrogens (tertiary/aromatic N) is 2. The van der Waals surface area contributed by atoms with Crippen molar-refractivity contribution in [1.82, 2.24) is 10.2 Å². The highest BCUT2D eigenvalue weighted by molar-refractivity contribution is 5.90. The molecule has 0 aliphatic rings. The van der Waals surface area contributed by atoms with Gasteiger partial charge in [-0.05, 0) is 32.0 Å².